The summed E-state index contributed by atoms with van der Waals surface area (Å²) in [5, 5.41) is 13.1. The zero-order chi connectivity index (χ0) is 11.8. The van der Waals surface area contributed by atoms with Crippen molar-refractivity contribution in [3.8, 4) is 0 Å². The molecule has 1 atom stereocenters. The van der Waals surface area contributed by atoms with Crippen molar-refractivity contribution in [2.45, 2.75) is 12.3 Å². The molecule has 1 fully saturated rings. The van der Waals surface area contributed by atoms with Crippen LogP contribution in [0.15, 0.2) is 18.5 Å². The summed E-state index contributed by atoms with van der Waals surface area (Å²) in [4.78, 5) is 15.1. The van der Waals surface area contributed by atoms with Gasteiger partial charge in [-0.05, 0) is 12.5 Å². The first-order valence-corrected chi connectivity index (χ1v) is 5.41. The molecule has 6 heteroatoms. The molecule has 1 N–H and O–H groups in total. The third-order valence-electron chi connectivity index (χ3n) is 3.01. The first-order chi connectivity index (χ1) is 8.27. The summed E-state index contributed by atoms with van der Waals surface area (Å²) in [6, 6.07) is 1.87. The van der Waals surface area contributed by atoms with Crippen molar-refractivity contribution in [2.75, 3.05) is 13.2 Å². The summed E-state index contributed by atoms with van der Waals surface area (Å²) < 4.78 is 6.94. The number of carbonyl (C=O) groups is 1. The van der Waals surface area contributed by atoms with E-state index in [1.165, 1.54) is 6.20 Å². The van der Waals surface area contributed by atoms with E-state index in [4.69, 9.17) is 9.84 Å². The number of aromatic carboxylic acids is 1. The number of fused-ring (bicyclic) bond motifs is 1. The third kappa shape index (κ3) is 1.57. The van der Waals surface area contributed by atoms with E-state index >= 15 is 0 Å². The lowest BCUT2D eigenvalue weighted by Crippen LogP contribution is -2.07. The molecule has 0 saturated carbocycles. The highest BCUT2D eigenvalue weighted by Gasteiger charge is 2.22. The maximum absolute atomic E-state index is 11.0. The molecular weight excluding hydrogens is 222 g/mol. The molecule has 2 aromatic rings. The minimum absolute atomic E-state index is 0.130. The molecule has 0 bridgehead atoms. The van der Waals surface area contributed by atoms with Crippen LogP contribution in [0, 0.1) is 0 Å². The number of carboxylic acids is 1. The fraction of sp³-hybridized carbons (Fsp3) is 0.364. The molecule has 3 rings (SSSR count). The Hall–Kier alpha value is -1.95. The van der Waals surface area contributed by atoms with Crippen molar-refractivity contribution in [1.29, 1.82) is 0 Å². The highest BCUT2D eigenvalue weighted by atomic mass is 16.5. The molecule has 88 valence electrons. The van der Waals surface area contributed by atoms with Gasteiger partial charge in [-0.2, -0.15) is 5.10 Å². The molecule has 3 heterocycles. The Morgan fingerprint density at radius 1 is 1.59 bits per heavy atom. The summed E-state index contributed by atoms with van der Waals surface area (Å²) in [6.07, 6.45) is 3.89. The van der Waals surface area contributed by atoms with Crippen LogP contribution in [0.2, 0.25) is 0 Å². The van der Waals surface area contributed by atoms with Gasteiger partial charge in [-0.1, -0.05) is 0 Å². The molecule has 0 amide bonds. The van der Waals surface area contributed by atoms with Gasteiger partial charge in [0.25, 0.3) is 0 Å². The fourth-order valence-corrected chi connectivity index (χ4v) is 2.14. The lowest BCUT2D eigenvalue weighted by atomic mass is 10.1. The molecule has 6 nitrogen and oxygen atoms in total. The van der Waals surface area contributed by atoms with Crippen LogP contribution < -0.4 is 0 Å². The summed E-state index contributed by atoms with van der Waals surface area (Å²) in [5.41, 5.74) is 1.48. The number of rotatable bonds is 2. The van der Waals surface area contributed by atoms with Crippen LogP contribution in [0.5, 0.6) is 0 Å². The quantitative estimate of drug-likeness (QED) is 0.835. The van der Waals surface area contributed by atoms with Crippen molar-refractivity contribution in [3.05, 3.63) is 29.7 Å². The van der Waals surface area contributed by atoms with Crippen LogP contribution in [0.3, 0.4) is 0 Å². The second-order valence-electron chi connectivity index (χ2n) is 4.03. The van der Waals surface area contributed by atoms with E-state index < -0.39 is 5.97 Å². The molecule has 2 aromatic heterocycles. The second kappa shape index (κ2) is 3.81. The van der Waals surface area contributed by atoms with Gasteiger partial charge in [-0.3, -0.25) is 0 Å². The zero-order valence-electron chi connectivity index (χ0n) is 9.04. The number of ether oxygens (including phenoxy) is 1. The molecule has 0 aliphatic carbocycles. The van der Waals surface area contributed by atoms with Crippen molar-refractivity contribution < 1.29 is 14.6 Å². The Bertz CT molecular complexity index is 572. The van der Waals surface area contributed by atoms with Crippen molar-refractivity contribution in [1.82, 2.24) is 14.6 Å². The standard InChI is InChI=1S/C11H11N3O3/c15-11(16)8-5-13-14-9(1-3-12-10(8)14)7-2-4-17-6-7/h1,3,5,7H,2,4,6H2,(H,15,16). The van der Waals surface area contributed by atoms with E-state index in [2.05, 4.69) is 10.1 Å². The minimum atomic E-state index is -1.01. The fourth-order valence-electron chi connectivity index (χ4n) is 2.14. The van der Waals surface area contributed by atoms with E-state index in [9.17, 15) is 4.79 Å². The summed E-state index contributed by atoms with van der Waals surface area (Å²) in [7, 11) is 0. The Morgan fingerprint density at radius 3 is 3.18 bits per heavy atom. The molecule has 0 aromatic carbocycles. The van der Waals surface area contributed by atoms with E-state index in [1.807, 2.05) is 6.07 Å². The van der Waals surface area contributed by atoms with Crippen LogP contribution in [0.4, 0.5) is 0 Å². The third-order valence-corrected chi connectivity index (χ3v) is 3.01. The predicted octanol–water partition coefficient (Wildman–Crippen LogP) is 0.931. The molecular formula is C11H11N3O3. The SMILES string of the molecule is O=C(O)c1cnn2c(C3CCOC3)ccnc12. The van der Waals surface area contributed by atoms with Crippen LogP contribution in [-0.4, -0.2) is 38.9 Å². The van der Waals surface area contributed by atoms with Gasteiger partial charge < -0.3 is 9.84 Å². The number of hydrogen-bond acceptors (Lipinski definition) is 4. The van der Waals surface area contributed by atoms with Gasteiger partial charge in [0.15, 0.2) is 5.65 Å². The van der Waals surface area contributed by atoms with E-state index in [-0.39, 0.29) is 11.5 Å². The Balaban J connectivity index is 2.16. The molecule has 1 aliphatic rings. The lowest BCUT2D eigenvalue weighted by molar-refractivity contribution is 0.0699. The molecule has 1 aliphatic heterocycles. The lowest BCUT2D eigenvalue weighted by Gasteiger charge is -2.09. The number of carboxylic acid groups (broad SMARTS) is 1. The Morgan fingerprint density at radius 2 is 2.47 bits per heavy atom. The Kier molecular flexibility index (Phi) is 2.29. The monoisotopic (exact) mass is 233 g/mol. The smallest absolute Gasteiger partial charge is 0.341 e. The summed E-state index contributed by atoms with van der Waals surface area (Å²) >= 11 is 0. The van der Waals surface area contributed by atoms with Gasteiger partial charge in [0, 0.05) is 18.7 Å². The van der Waals surface area contributed by atoms with E-state index in [1.54, 1.807) is 10.7 Å². The van der Waals surface area contributed by atoms with Crippen molar-refractivity contribution in [2.24, 2.45) is 0 Å². The minimum Gasteiger partial charge on any atom is -0.477 e. The largest absolute Gasteiger partial charge is 0.477 e. The maximum atomic E-state index is 11.0. The van der Waals surface area contributed by atoms with Crippen LogP contribution in [-0.2, 0) is 4.74 Å². The predicted molar refractivity (Wildman–Crippen MR) is 58.1 cm³/mol. The van der Waals surface area contributed by atoms with Gasteiger partial charge in [0.05, 0.1) is 18.5 Å². The zero-order valence-corrected chi connectivity index (χ0v) is 9.04. The number of aromatic nitrogens is 3. The van der Waals surface area contributed by atoms with E-state index in [0.717, 1.165) is 18.7 Å². The highest BCUT2D eigenvalue weighted by molar-refractivity contribution is 5.94. The van der Waals surface area contributed by atoms with Gasteiger partial charge in [0.2, 0.25) is 0 Å². The molecule has 0 spiro atoms. The molecule has 1 saturated heterocycles. The van der Waals surface area contributed by atoms with Crippen molar-refractivity contribution >= 4 is 11.6 Å². The van der Waals surface area contributed by atoms with Crippen LogP contribution in [0.1, 0.15) is 28.4 Å². The van der Waals surface area contributed by atoms with Gasteiger partial charge in [-0.15, -0.1) is 0 Å². The average Bonchev–Trinajstić information content (AvgIpc) is 2.97. The first kappa shape index (κ1) is 10.2. The van der Waals surface area contributed by atoms with Gasteiger partial charge >= 0.3 is 5.97 Å². The van der Waals surface area contributed by atoms with E-state index in [0.29, 0.717) is 12.3 Å². The highest BCUT2D eigenvalue weighted by Crippen LogP contribution is 2.25. The molecule has 1 unspecified atom stereocenters. The average molecular weight is 233 g/mol. The van der Waals surface area contributed by atoms with Crippen LogP contribution in [0.25, 0.3) is 5.65 Å². The van der Waals surface area contributed by atoms with Crippen LogP contribution >= 0.6 is 0 Å². The normalized spacial score (nSPS) is 19.9. The van der Waals surface area contributed by atoms with Gasteiger partial charge in [0.1, 0.15) is 5.56 Å². The summed E-state index contributed by atoms with van der Waals surface area (Å²) in [6.45, 7) is 1.39. The molecule has 17 heavy (non-hydrogen) atoms. The summed E-state index contributed by atoms with van der Waals surface area (Å²) in [5.74, 6) is -0.741. The van der Waals surface area contributed by atoms with Gasteiger partial charge in [-0.25, -0.2) is 14.3 Å². The Labute approximate surface area is 96.8 Å². The second-order valence-corrected chi connectivity index (χ2v) is 4.03. The first-order valence-electron chi connectivity index (χ1n) is 5.41. The number of hydrogen-bond donors (Lipinski definition) is 1. The maximum Gasteiger partial charge on any atom is 0.341 e. The number of nitrogens with zero attached hydrogens (tertiary/aromatic N) is 3. The van der Waals surface area contributed by atoms with Crippen molar-refractivity contribution in [3.63, 3.8) is 0 Å². The molecule has 0 radical (unpaired) electrons. The topological polar surface area (TPSA) is 76.7 Å².